The number of carbonyl (C=O) groups excluding carboxylic acids is 2. The Kier molecular flexibility index (Phi) is 5.36. The van der Waals surface area contributed by atoms with E-state index in [1.54, 1.807) is 4.90 Å². The van der Waals surface area contributed by atoms with Gasteiger partial charge in [0.05, 0.1) is 29.9 Å². The van der Waals surface area contributed by atoms with Crippen LogP contribution in [0.4, 0.5) is 5.13 Å². The van der Waals surface area contributed by atoms with Gasteiger partial charge in [-0.15, -0.1) is 0 Å². The van der Waals surface area contributed by atoms with Gasteiger partial charge in [-0.1, -0.05) is 53.8 Å². The van der Waals surface area contributed by atoms with Crippen molar-refractivity contribution < 1.29 is 14.5 Å². The first kappa shape index (κ1) is 18.6. The second kappa shape index (κ2) is 8.08. The molecule has 3 aromatic rings. The molecule has 1 aliphatic rings. The van der Waals surface area contributed by atoms with Crippen LogP contribution in [0.15, 0.2) is 48.5 Å². The number of fused-ring (bicyclic) bond motifs is 1. The van der Waals surface area contributed by atoms with Gasteiger partial charge in [0.1, 0.15) is 0 Å². The Bertz CT molecular complexity index is 1000. The molecule has 28 heavy (non-hydrogen) atoms. The van der Waals surface area contributed by atoms with Crippen LogP contribution in [0, 0.1) is 6.92 Å². The Morgan fingerprint density at radius 2 is 2.04 bits per heavy atom. The van der Waals surface area contributed by atoms with E-state index >= 15 is 0 Å². The molecular weight excluding hydrogens is 372 g/mol. The fourth-order valence-electron chi connectivity index (χ4n) is 3.44. The van der Waals surface area contributed by atoms with Crippen molar-refractivity contribution in [2.75, 3.05) is 31.1 Å². The topological polar surface area (TPSA) is 66.7 Å². The molecule has 0 aliphatic carbocycles. The number of rotatable bonds is 5. The van der Waals surface area contributed by atoms with Crippen LogP contribution in [0.25, 0.3) is 10.2 Å². The second-order valence-electron chi connectivity index (χ2n) is 7.09. The molecule has 6 nitrogen and oxygen atoms in total. The van der Waals surface area contributed by atoms with Crippen molar-refractivity contribution in [2.45, 2.75) is 13.5 Å². The van der Waals surface area contributed by atoms with Crippen LogP contribution < -0.4 is 15.1 Å². The maximum atomic E-state index is 13.2. The lowest BCUT2D eigenvalue weighted by molar-refractivity contribution is -0.885. The van der Waals surface area contributed by atoms with Crippen molar-refractivity contribution in [1.82, 2.24) is 10.3 Å². The molecule has 7 heteroatoms. The number of thiazole rings is 1. The van der Waals surface area contributed by atoms with Crippen molar-refractivity contribution in [3.05, 3.63) is 59.7 Å². The molecule has 2 N–H and O–H groups in total. The average Bonchev–Trinajstić information content (AvgIpc) is 3.12. The molecule has 0 bridgehead atoms. The van der Waals surface area contributed by atoms with Crippen molar-refractivity contribution in [3.63, 3.8) is 0 Å². The average molecular weight is 396 g/mol. The van der Waals surface area contributed by atoms with E-state index in [0.717, 1.165) is 32.8 Å². The third-order valence-electron chi connectivity index (χ3n) is 4.94. The van der Waals surface area contributed by atoms with E-state index in [2.05, 4.69) is 5.32 Å². The van der Waals surface area contributed by atoms with Crippen molar-refractivity contribution in [1.29, 1.82) is 0 Å². The molecule has 2 aromatic carbocycles. The zero-order valence-corrected chi connectivity index (χ0v) is 16.6. The fraction of sp³-hybridized carbons (Fsp3) is 0.286. The van der Waals surface area contributed by atoms with Gasteiger partial charge in [0, 0.05) is 0 Å². The predicted molar refractivity (Wildman–Crippen MR) is 111 cm³/mol. The van der Waals surface area contributed by atoms with Gasteiger partial charge >= 0.3 is 0 Å². The highest BCUT2D eigenvalue weighted by atomic mass is 32.1. The number of anilines is 1. The molecule has 1 aliphatic heterocycles. The normalized spacial score (nSPS) is 16.8. The second-order valence-corrected chi connectivity index (χ2v) is 8.10. The lowest BCUT2D eigenvalue weighted by Gasteiger charge is -2.26. The van der Waals surface area contributed by atoms with E-state index < -0.39 is 0 Å². The first-order valence-corrected chi connectivity index (χ1v) is 10.2. The number of hydrogen-bond donors (Lipinski definition) is 2. The summed E-state index contributed by atoms with van der Waals surface area (Å²) in [5.41, 5.74) is 3.10. The van der Waals surface area contributed by atoms with Gasteiger partial charge in [-0.25, -0.2) is 4.98 Å². The van der Waals surface area contributed by atoms with Crippen molar-refractivity contribution >= 4 is 38.5 Å². The quantitative estimate of drug-likeness (QED) is 0.681. The first-order valence-electron chi connectivity index (χ1n) is 9.41. The molecule has 0 spiro atoms. The Balaban J connectivity index is 1.63. The van der Waals surface area contributed by atoms with E-state index in [1.807, 2.05) is 55.5 Å². The van der Waals surface area contributed by atoms with Crippen LogP contribution in [-0.4, -0.2) is 43.0 Å². The summed E-state index contributed by atoms with van der Waals surface area (Å²) in [5, 5.41) is 3.52. The summed E-state index contributed by atoms with van der Waals surface area (Å²) in [6.45, 7) is 4.50. The summed E-state index contributed by atoms with van der Waals surface area (Å²) in [5.74, 6) is -0.00969. The number of aromatic nitrogens is 1. The number of piperazine rings is 1. The maximum Gasteiger partial charge on any atom is 0.284 e. The van der Waals surface area contributed by atoms with E-state index in [0.29, 0.717) is 24.8 Å². The molecule has 2 amide bonds. The molecule has 144 valence electrons. The van der Waals surface area contributed by atoms with E-state index in [1.165, 1.54) is 11.3 Å². The molecule has 1 aromatic heterocycles. The number of aryl methyl sites for hydroxylation is 1. The number of quaternary nitrogens is 1. The van der Waals surface area contributed by atoms with Gasteiger partial charge in [0.2, 0.25) is 0 Å². The SMILES string of the molecule is Cc1cccc2sc(N(Cc3ccccc3)C(=O)C[NH+]3CCNC(=O)C3)nc12. The Morgan fingerprint density at radius 3 is 2.79 bits per heavy atom. The van der Waals surface area contributed by atoms with Gasteiger partial charge in [-0.3, -0.25) is 14.5 Å². The molecule has 1 saturated heterocycles. The molecule has 4 rings (SSSR count). The molecular formula is C21H23N4O2S+. The Labute approximate surface area is 167 Å². The highest BCUT2D eigenvalue weighted by Gasteiger charge is 2.27. The van der Waals surface area contributed by atoms with Gasteiger partial charge in [-0.05, 0) is 24.1 Å². The zero-order valence-electron chi connectivity index (χ0n) is 15.8. The number of hydrogen-bond acceptors (Lipinski definition) is 4. The van der Waals surface area contributed by atoms with Gasteiger partial charge in [-0.2, -0.15) is 0 Å². The Morgan fingerprint density at radius 1 is 1.21 bits per heavy atom. The fourth-order valence-corrected chi connectivity index (χ4v) is 4.50. The molecule has 0 radical (unpaired) electrons. The summed E-state index contributed by atoms with van der Waals surface area (Å²) in [4.78, 5) is 32.4. The molecule has 1 atom stereocenters. The highest BCUT2D eigenvalue weighted by molar-refractivity contribution is 7.22. The molecule has 1 fully saturated rings. The number of benzene rings is 2. The van der Waals surface area contributed by atoms with E-state index in [-0.39, 0.29) is 18.4 Å². The smallest absolute Gasteiger partial charge is 0.284 e. The predicted octanol–water partition coefficient (Wildman–Crippen LogP) is 1.15. The van der Waals surface area contributed by atoms with Gasteiger partial charge < -0.3 is 10.2 Å². The monoisotopic (exact) mass is 395 g/mol. The van der Waals surface area contributed by atoms with Crippen LogP contribution in [0.2, 0.25) is 0 Å². The summed E-state index contributed by atoms with van der Waals surface area (Å²) in [6, 6.07) is 16.0. The van der Waals surface area contributed by atoms with Gasteiger partial charge in [0.25, 0.3) is 11.8 Å². The first-order chi connectivity index (χ1) is 13.6. The highest BCUT2D eigenvalue weighted by Crippen LogP contribution is 2.31. The molecule has 0 saturated carbocycles. The minimum atomic E-state index is -0.00902. The molecule has 2 heterocycles. The van der Waals surface area contributed by atoms with E-state index in [9.17, 15) is 9.59 Å². The maximum absolute atomic E-state index is 13.2. The lowest BCUT2D eigenvalue weighted by atomic mass is 10.2. The number of nitrogens with zero attached hydrogens (tertiary/aromatic N) is 2. The van der Waals surface area contributed by atoms with E-state index in [4.69, 9.17) is 4.98 Å². The minimum absolute atomic E-state index is 0.000675. The summed E-state index contributed by atoms with van der Waals surface area (Å²) >= 11 is 1.54. The van der Waals surface area contributed by atoms with Crippen LogP contribution in [0.3, 0.4) is 0 Å². The minimum Gasteiger partial charge on any atom is -0.346 e. The summed E-state index contributed by atoms with van der Waals surface area (Å²) < 4.78 is 1.07. The Hall–Kier alpha value is -2.77. The summed E-state index contributed by atoms with van der Waals surface area (Å²) in [7, 11) is 0. The van der Waals surface area contributed by atoms with Crippen molar-refractivity contribution in [2.24, 2.45) is 0 Å². The number of carbonyl (C=O) groups is 2. The number of para-hydroxylation sites is 1. The van der Waals surface area contributed by atoms with Crippen LogP contribution in [-0.2, 0) is 16.1 Å². The van der Waals surface area contributed by atoms with Crippen molar-refractivity contribution in [3.8, 4) is 0 Å². The van der Waals surface area contributed by atoms with Gasteiger partial charge in [0.15, 0.2) is 18.2 Å². The van der Waals surface area contributed by atoms with Crippen LogP contribution in [0.5, 0.6) is 0 Å². The largest absolute Gasteiger partial charge is 0.346 e. The lowest BCUT2D eigenvalue weighted by Crippen LogP contribution is -3.16. The standard InChI is InChI=1S/C21H22N4O2S/c1-15-6-5-9-17-20(15)23-21(28-17)25(12-16-7-3-2-4-8-16)19(27)14-24-11-10-22-18(26)13-24/h2-9H,10-14H2,1H3,(H,22,26)/p+1. The zero-order chi connectivity index (χ0) is 19.5. The van der Waals surface area contributed by atoms with Crippen LogP contribution in [0.1, 0.15) is 11.1 Å². The van der Waals surface area contributed by atoms with Crippen LogP contribution >= 0.6 is 11.3 Å². The number of amides is 2. The third kappa shape index (κ3) is 4.05. The number of nitrogens with one attached hydrogen (secondary N) is 2. The molecule has 1 unspecified atom stereocenters. The third-order valence-corrected chi connectivity index (χ3v) is 5.98. The summed E-state index contributed by atoms with van der Waals surface area (Å²) in [6.07, 6.45) is 0.